The van der Waals surface area contributed by atoms with Gasteiger partial charge in [-0.1, -0.05) is 48.5 Å². The Morgan fingerprint density at radius 2 is 1.83 bits per heavy atom. The van der Waals surface area contributed by atoms with Crippen LogP contribution in [0, 0.1) is 6.92 Å². The molecule has 0 unspecified atom stereocenters. The van der Waals surface area contributed by atoms with Crippen molar-refractivity contribution in [3.8, 4) is 11.1 Å². The Kier molecular flexibility index (Phi) is 2.71. The highest BCUT2D eigenvalue weighted by Crippen LogP contribution is 2.48. The van der Waals surface area contributed by atoms with Crippen LogP contribution in [-0.2, 0) is 5.41 Å². The maximum atomic E-state index is 9.53. The fraction of sp³-hybridized carbons (Fsp3) is 0.294. The molecule has 0 aromatic heterocycles. The van der Waals surface area contributed by atoms with Gasteiger partial charge < -0.3 is 5.11 Å². The Morgan fingerprint density at radius 3 is 2.50 bits per heavy atom. The van der Waals surface area contributed by atoms with E-state index in [1.807, 2.05) is 0 Å². The van der Waals surface area contributed by atoms with E-state index in [0.717, 1.165) is 12.8 Å². The van der Waals surface area contributed by atoms with Crippen molar-refractivity contribution in [3.63, 3.8) is 0 Å². The van der Waals surface area contributed by atoms with Gasteiger partial charge in [-0.25, -0.2) is 0 Å². The van der Waals surface area contributed by atoms with E-state index in [-0.39, 0.29) is 12.0 Å². The van der Waals surface area contributed by atoms with Gasteiger partial charge in [-0.05, 0) is 42.0 Å². The highest BCUT2D eigenvalue weighted by atomic mass is 16.3. The second-order valence-corrected chi connectivity index (χ2v) is 5.33. The summed E-state index contributed by atoms with van der Waals surface area (Å²) in [4.78, 5) is 0. The van der Waals surface area contributed by atoms with E-state index in [1.165, 1.54) is 22.3 Å². The Labute approximate surface area is 108 Å². The number of aliphatic hydroxyl groups excluding tert-OH is 1. The molecule has 1 aliphatic rings. The molecule has 1 nitrogen and oxygen atoms in total. The second-order valence-electron chi connectivity index (χ2n) is 5.33. The van der Waals surface area contributed by atoms with E-state index in [0.29, 0.717) is 0 Å². The summed E-state index contributed by atoms with van der Waals surface area (Å²) in [5.41, 5.74) is 5.17. The molecule has 2 aromatic rings. The average molecular weight is 238 g/mol. The van der Waals surface area contributed by atoms with Gasteiger partial charge in [0.2, 0.25) is 0 Å². The first-order chi connectivity index (χ1) is 8.75. The van der Waals surface area contributed by atoms with Crippen LogP contribution in [0.5, 0.6) is 0 Å². The van der Waals surface area contributed by atoms with Gasteiger partial charge in [-0.3, -0.25) is 0 Å². The van der Waals surface area contributed by atoms with Crippen molar-refractivity contribution in [3.05, 3.63) is 59.7 Å². The third-order valence-corrected chi connectivity index (χ3v) is 4.09. The maximum Gasteiger partial charge on any atom is 0.0527 e. The highest BCUT2D eigenvalue weighted by molar-refractivity contribution is 5.68. The number of hydrogen-bond acceptors (Lipinski definition) is 1. The summed E-state index contributed by atoms with van der Waals surface area (Å²) in [6, 6.07) is 17.1. The van der Waals surface area contributed by atoms with Crippen molar-refractivity contribution in [1.29, 1.82) is 0 Å². The molecule has 2 aromatic carbocycles. The Bertz CT molecular complexity index is 567. The standard InChI is InChI=1S/C17H18O/c1-13-5-2-3-8-16(13)14-6-4-7-15(11-14)17(12-18)9-10-17/h2-8,11,18H,9-10,12H2,1H3. The molecule has 18 heavy (non-hydrogen) atoms. The van der Waals surface area contributed by atoms with Crippen LogP contribution >= 0.6 is 0 Å². The molecular weight excluding hydrogens is 220 g/mol. The van der Waals surface area contributed by atoms with Gasteiger partial charge in [0.15, 0.2) is 0 Å². The Morgan fingerprint density at radius 1 is 1.06 bits per heavy atom. The number of benzene rings is 2. The molecule has 3 rings (SSSR count). The van der Waals surface area contributed by atoms with Gasteiger partial charge in [0.1, 0.15) is 0 Å². The molecule has 0 heterocycles. The van der Waals surface area contributed by atoms with Crippen LogP contribution in [0.4, 0.5) is 0 Å². The lowest BCUT2D eigenvalue weighted by atomic mass is 9.92. The summed E-state index contributed by atoms with van der Waals surface area (Å²) in [6.07, 6.45) is 2.22. The minimum atomic E-state index is 0.0543. The molecular formula is C17H18O. The first-order valence-corrected chi connectivity index (χ1v) is 6.53. The molecule has 0 aliphatic heterocycles. The summed E-state index contributed by atoms with van der Waals surface area (Å²) in [6.45, 7) is 2.41. The van der Waals surface area contributed by atoms with E-state index < -0.39 is 0 Å². The number of rotatable bonds is 3. The molecule has 0 bridgehead atoms. The monoisotopic (exact) mass is 238 g/mol. The topological polar surface area (TPSA) is 20.2 Å². The van der Waals surface area contributed by atoms with Crippen LogP contribution in [0.25, 0.3) is 11.1 Å². The van der Waals surface area contributed by atoms with Gasteiger partial charge in [0.25, 0.3) is 0 Å². The zero-order valence-electron chi connectivity index (χ0n) is 10.7. The van der Waals surface area contributed by atoms with E-state index in [2.05, 4.69) is 55.5 Å². The SMILES string of the molecule is Cc1ccccc1-c1cccc(C2(CO)CC2)c1. The summed E-state index contributed by atoms with van der Waals surface area (Å²) < 4.78 is 0. The lowest BCUT2D eigenvalue weighted by Gasteiger charge is -2.14. The van der Waals surface area contributed by atoms with Crippen molar-refractivity contribution in [2.45, 2.75) is 25.2 Å². The van der Waals surface area contributed by atoms with E-state index in [1.54, 1.807) is 0 Å². The van der Waals surface area contributed by atoms with Gasteiger partial charge in [-0.2, -0.15) is 0 Å². The zero-order chi connectivity index (χ0) is 12.6. The Hall–Kier alpha value is -1.60. The van der Waals surface area contributed by atoms with Crippen molar-refractivity contribution in [1.82, 2.24) is 0 Å². The van der Waals surface area contributed by atoms with Crippen LogP contribution in [0.1, 0.15) is 24.0 Å². The average Bonchev–Trinajstić information content (AvgIpc) is 3.20. The van der Waals surface area contributed by atoms with Crippen LogP contribution in [0.2, 0.25) is 0 Å². The highest BCUT2D eigenvalue weighted by Gasteiger charge is 2.43. The smallest absolute Gasteiger partial charge is 0.0527 e. The summed E-state index contributed by atoms with van der Waals surface area (Å²) in [5.74, 6) is 0. The third-order valence-electron chi connectivity index (χ3n) is 4.09. The first-order valence-electron chi connectivity index (χ1n) is 6.53. The molecule has 92 valence electrons. The molecule has 0 atom stereocenters. The van der Waals surface area contributed by atoms with Crippen molar-refractivity contribution < 1.29 is 5.11 Å². The lowest BCUT2D eigenvalue weighted by molar-refractivity contribution is 0.255. The quantitative estimate of drug-likeness (QED) is 0.864. The van der Waals surface area contributed by atoms with Crippen LogP contribution in [0.3, 0.4) is 0 Å². The first kappa shape index (κ1) is 11.5. The van der Waals surface area contributed by atoms with E-state index >= 15 is 0 Å². The number of aryl methyl sites for hydroxylation is 1. The maximum absolute atomic E-state index is 9.53. The molecule has 1 N–H and O–H groups in total. The lowest BCUT2D eigenvalue weighted by Crippen LogP contribution is -2.11. The molecule has 1 fully saturated rings. The largest absolute Gasteiger partial charge is 0.395 e. The number of aliphatic hydroxyl groups is 1. The van der Waals surface area contributed by atoms with Gasteiger partial charge in [0, 0.05) is 5.41 Å². The fourth-order valence-corrected chi connectivity index (χ4v) is 2.60. The van der Waals surface area contributed by atoms with Gasteiger partial charge in [0.05, 0.1) is 6.61 Å². The van der Waals surface area contributed by atoms with Gasteiger partial charge in [-0.15, -0.1) is 0 Å². The molecule has 1 heteroatoms. The normalized spacial score (nSPS) is 16.6. The molecule has 1 saturated carbocycles. The van der Waals surface area contributed by atoms with Crippen LogP contribution < -0.4 is 0 Å². The molecule has 1 aliphatic carbocycles. The van der Waals surface area contributed by atoms with Crippen molar-refractivity contribution >= 4 is 0 Å². The summed E-state index contributed by atoms with van der Waals surface area (Å²) >= 11 is 0. The zero-order valence-corrected chi connectivity index (χ0v) is 10.7. The van der Waals surface area contributed by atoms with Crippen LogP contribution in [0.15, 0.2) is 48.5 Å². The molecule has 0 radical (unpaired) electrons. The summed E-state index contributed by atoms with van der Waals surface area (Å²) in [7, 11) is 0. The van der Waals surface area contributed by atoms with Gasteiger partial charge >= 0.3 is 0 Å². The fourth-order valence-electron chi connectivity index (χ4n) is 2.60. The summed E-state index contributed by atoms with van der Waals surface area (Å²) in [5, 5.41) is 9.53. The molecule has 0 saturated heterocycles. The third kappa shape index (κ3) is 1.85. The van der Waals surface area contributed by atoms with E-state index in [4.69, 9.17) is 0 Å². The Balaban J connectivity index is 2.04. The second kappa shape index (κ2) is 4.25. The molecule has 0 spiro atoms. The minimum absolute atomic E-state index is 0.0543. The molecule has 0 amide bonds. The predicted molar refractivity (Wildman–Crippen MR) is 74.6 cm³/mol. The van der Waals surface area contributed by atoms with Crippen molar-refractivity contribution in [2.75, 3.05) is 6.61 Å². The van der Waals surface area contributed by atoms with Crippen molar-refractivity contribution in [2.24, 2.45) is 0 Å². The minimum Gasteiger partial charge on any atom is -0.395 e. The van der Waals surface area contributed by atoms with Crippen LogP contribution in [-0.4, -0.2) is 11.7 Å². The predicted octanol–water partition coefficient (Wildman–Crippen LogP) is 3.69. The number of hydrogen-bond donors (Lipinski definition) is 1. The van der Waals surface area contributed by atoms with E-state index in [9.17, 15) is 5.11 Å².